The van der Waals surface area contributed by atoms with E-state index in [1.54, 1.807) is 7.11 Å². The molecular formula is C17H22O4. The van der Waals surface area contributed by atoms with E-state index in [9.17, 15) is 9.90 Å². The van der Waals surface area contributed by atoms with E-state index in [4.69, 9.17) is 9.47 Å². The first kappa shape index (κ1) is 15.4. The third-order valence-corrected chi connectivity index (χ3v) is 3.83. The van der Waals surface area contributed by atoms with Crippen LogP contribution in [0.3, 0.4) is 0 Å². The lowest BCUT2D eigenvalue weighted by Crippen LogP contribution is -2.01. The van der Waals surface area contributed by atoms with Crippen molar-refractivity contribution in [3.8, 4) is 17.2 Å². The van der Waals surface area contributed by atoms with Gasteiger partial charge in [0.15, 0.2) is 6.61 Å². The Morgan fingerprint density at radius 2 is 2.19 bits per heavy atom. The molecule has 0 bridgehead atoms. The van der Waals surface area contributed by atoms with Gasteiger partial charge in [-0.3, -0.25) is 4.79 Å². The van der Waals surface area contributed by atoms with Crippen molar-refractivity contribution < 1.29 is 19.4 Å². The number of hydrogen-bond donors (Lipinski definition) is 1. The molecule has 1 aliphatic heterocycles. The molecule has 0 spiro atoms. The summed E-state index contributed by atoms with van der Waals surface area (Å²) in [6.45, 7) is 6.04. The molecule has 2 rings (SSSR count). The van der Waals surface area contributed by atoms with E-state index in [1.807, 2.05) is 6.92 Å². The number of benzene rings is 1. The highest BCUT2D eigenvalue weighted by Gasteiger charge is 2.31. The predicted octanol–water partition coefficient (Wildman–Crippen LogP) is 3.57. The highest BCUT2D eigenvalue weighted by atomic mass is 16.5. The first-order valence-electron chi connectivity index (χ1n) is 7.25. The number of hydrogen-bond acceptors (Lipinski definition) is 4. The first-order valence-corrected chi connectivity index (χ1v) is 7.25. The van der Waals surface area contributed by atoms with E-state index < -0.39 is 0 Å². The SMILES string of the molecule is CCC/C(C)=C/Cc1c(O)c2c(c(C)c1OC)OCC2=O. The van der Waals surface area contributed by atoms with Crippen LogP contribution in [-0.2, 0) is 6.42 Å². The minimum Gasteiger partial charge on any atom is -0.507 e. The van der Waals surface area contributed by atoms with E-state index in [2.05, 4.69) is 19.9 Å². The monoisotopic (exact) mass is 290 g/mol. The summed E-state index contributed by atoms with van der Waals surface area (Å²) >= 11 is 0. The van der Waals surface area contributed by atoms with Crippen molar-refractivity contribution in [3.05, 3.63) is 28.3 Å². The molecule has 0 saturated heterocycles. The van der Waals surface area contributed by atoms with Crippen LogP contribution < -0.4 is 9.47 Å². The smallest absolute Gasteiger partial charge is 0.207 e. The Labute approximate surface area is 125 Å². The second-order valence-corrected chi connectivity index (χ2v) is 5.41. The molecule has 21 heavy (non-hydrogen) atoms. The van der Waals surface area contributed by atoms with Crippen molar-refractivity contribution in [2.24, 2.45) is 0 Å². The quantitative estimate of drug-likeness (QED) is 0.842. The number of ketones is 1. The Balaban J connectivity index is 2.50. The highest BCUT2D eigenvalue weighted by molar-refractivity contribution is 6.06. The zero-order chi connectivity index (χ0) is 15.6. The Bertz CT molecular complexity index is 600. The normalized spacial score (nSPS) is 14.1. The van der Waals surface area contributed by atoms with Gasteiger partial charge in [0, 0.05) is 11.1 Å². The number of aromatic hydroxyl groups is 1. The van der Waals surface area contributed by atoms with Crippen molar-refractivity contribution in [2.75, 3.05) is 13.7 Å². The summed E-state index contributed by atoms with van der Waals surface area (Å²) in [5.74, 6) is 0.869. The summed E-state index contributed by atoms with van der Waals surface area (Å²) in [4.78, 5) is 11.9. The number of phenolic OH excluding ortho intramolecular Hbond substituents is 1. The van der Waals surface area contributed by atoms with E-state index >= 15 is 0 Å². The molecule has 0 atom stereocenters. The maximum atomic E-state index is 11.9. The molecule has 0 aromatic heterocycles. The molecule has 0 fully saturated rings. The topological polar surface area (TPSA) is 55.8 Å². The lowest BCUT2D eigenvalue weighted by molar-refractivity contribution is 0.0959. The van der Waals surface area contributed by atoms with E-state index in [0.29, 0.717) is 29.0 Å². The van der Waals surface area contributed by atoms with Crippen LogP contribution >= 0.6 is 0 Å². The van der Waals surface area contributed by atoms with E-state index in [-0.39, 0.29) is 18.1 Å². The summed E-state index contributed by atoms with van der Waals surface area (Å²) in [6, 6.07) is 0. The number of carbonyl (C=O) groups excluding carboxylic acids is 1. The number of allylic oxidation sites excluding steroid dienone is 2. The number of fused-ring (bicyclic) bond motifs is 1. The van der Waals surface area contributed by atoms with Crippen LogP contribution in [0.2, 0.25) is 0 Å². The van der Waals surface area contributed by atoms with Crippen LogP contribution in [0.1, 0.15) is 48.2 Å². The fourth-order valence-corrected chi connectivity index (χ4v) is 2.77. The molecular weight excluding hydrogens is 268 g/mol. The molecule has 1 aliphatic rings. The minimum atomic E-state index is -0.177. The predicted molar refractivity (Wildman–Crippen MR) is 81.6 cm³/mol. The Hall–Kier alpha value is -1.97. The molecule has 1 N–H and O–H groups in total. The standard InChI is InChI=1S/C17H22O4/c1-5-6-10(2)7-8-12-15(19)14-13(18)9-21-17(14)11(3)16(12)20-4/h7,19H,5-6,8-9H2,1-4H3/b10-7+. The van der Waals surface area contributed by atoms with Gasteiger partial charge in [0.2, 0.25) is 5.78 Å². The van der Waals surface area contributed by atoms with E-state index in [1.165, 1.54) is 5.57 Å². The molecule has 1 aromatic carbocycles. The largest absolute Gasteiger partial charge is 0.507 e. The van der Waals surface area contributed by atoms with Crippen molar-refractivity contribution in [3.63, 3.8) is 0 Å². The Morgan fingerprint density at radius 1 is 1.48 bits per heavy atom. The van der Waals surface area contributed by atoms with Crippen LogP contribution in [0, 0.1) is 6.92 Å². The molecule has 1 aromatic rings. The van der Waals surface area contributed by atoms with Crippen molar-refractivity contribution in [1.29, 1.82) is 0 Å². The summed E-state index contributed by atoms with van der Waals surface area (Å²) in [5.41, 5.74) is 2.99. The van der Waals surface area contributed by atoms with Gasteiger partial charge in [0.1, 0.15) is 22.8 Å². The second kappa shape index (κ2) is 6.20. The van der Waals surface area contributed by atoms with Gasteiger partial charge in [-0.05, 0) is 26.7 Å². The molecule has 0 amide bonds. The lowest BCUT2D eigenvalue weighted by atomic mass is 9.97. The average Bonchev–Trinajstić information content (AvgIpc) is 2.84. The molecule has 4 nitrogen and oxygen atoms in total. The van der Waals surface area contributed by atoms with Gasteiger partial charge < -0.3 is 14.6 Å². The van der Waals surface area contributed by atoms with Gasteiger partial charge in [0.05, 0.1) is 7.11 Å². The number of phenols is 1. The number of rotatable bonds is 5. The summed E-state index contributed by atoms with van der Waals surface area (Å²) in [5, 5.41) is 10.4. The molecule has 0 saturated carbocycles. The van der Waals surface area contributed by atoms with Gasteiger partial charge in [-0.15, -0.1) is 0 Å². The third-order valence-electron chi connectivity index (χ3n) is 3.83. The second-order valence-electron chi connectivity index (χ2n) is 5.41. The van der Waals surface area contributed by atoms with Gasteiger partial charge >= 0.3 is 0 Å². The molecule has 0 radical (unpaired) electrons. The number of ether oxygens (including phenoxy) is 2. The molecule has 0 unspecified atom stereocenters. The molecule has 4 heteroatoms. The summed E-state index contributed by atoms with van der Waals surface area (Å²) in [7, 11) is 1.57. The zero-order valence-corrected chi connectivity index (χ0v) is 13.1. The average molecular weight is 290 g/mol. The van der Waals surface area contributed by atoms with Gasteiger partial charge in [0.25, 0.3) is 0 Å². The van der Waals surface area contributed by atoms with Gasteiger partial charge in [-0.1, -0.05) is 25.0 Å². The number of carbonyl (C=O) groups is 1. The number of methoxy groups -OCH3 is 1. The Morgan fingerprint density at radius 3 is 2.81 bits per heavy atom. The van der Waals surface area contributed by atoms with Gasteiger partial charge in [-0.2, -0.15) is 0 Å². The molecule has 1 heterocycles. The fourth-order valence-electron chi connectivity index (χ4n) is 2.77. The fraction of sp³-hybridized carbons (Fsp3) is 0.471. The highest BCUT2D eigenvalue weighted by Crippen LogP contribution is 2.45. The first-order chi connectivity index (χ1) is 10.0. The maximum Gasteiger partial charge on any atom is 0.207 e. The maximum absolute atomic E-state index is 11.9. The number of Topliss-reactive ketones (excluding diaryl/α,β-unsaturated/α-hetero) is 1. The van der Waals surface area contributed by atoms with Crippen LogP contribution in [0.25, 0.3) is 0 Å². The molecule has 0 aliphatic carbocycles. The Kier molecular flexibility index (Phi) is 4.56. The summed E-state index contributed by atoms with van der Waals surface area (Å²) in [6.07, 6.45) is 4.73. The van der Waals surface area contributed by atoms with Crippen molar-refractivity contribution in [1.82, 2.24) is 0 Å². The molecule has 114 valence electrons. The van der Waals surface area contributed by atoms with E-state index in [0.717, 1.165) is 18.4 Å². The van der Waals surface area contributed by atoms with Crippen LogP contribution in [0.5, 0.6) is 17.2 Å². The van der Waals surface area contributed by atoms with Gasteiger partial charge in [-0.25, -0.2) is 0 Å². The van der Waals surface area contributed by atoms with Crippen molar-refractivity contribution >= 4 is 5.78 Å². The van der Waals surface area contributed by atoms with Crippen LogP contribution in [-0.4, -0.2) is 24.6 Å². The van der Waals surface area contributed by atoms with Crippen molar-refractivity contribution in [2.45, 2.75) is 40.0 Å². The summed E-state index contributed by atoms with van der Waals surface area (Å²) < 4.78 is 10.8. The lowest BCUT2D eigenvalue weighted by Gasteiger charge is -2.16. The third kappa shape index (κ3) is 2.75. The minimum absolute atomic E-state index is 0.00417. The van der Waals surface area contributed by atoms with Crippen LogP contribution in [0.4, 0.5) is 0 Å². The zero-order valence-electron chi connectivity index (χ0n) is 13.1. The van der Waals surface area contributed by atoms with Crippen LogP contribution in [0.15, 0.2) is 11.6 Å².